The Kier molecular flexibility index (Phi) is 5.36. The average Bonchev–Trinajstić information content (AvgIpc) is 2.30. The van der Waals surface area contributed by atoms with Crippen LogP contribution in [0.3, 0.4) is 0 Å². The molecule has 2 N–H and O–H groups in total. The van der Waals surface area contributed by atoms with Crippen LogP contribution in [-0.2, 0) is 6.42 Å². The maximum absolute atomic E-state index is 6.44. The summed E-state index contributed by atoms with van der Waals surface area (Å²) in [6.07, 6.45) is 0.936. The quantitative estimate of drug-likeness (QED) is 0.838. The number of hydrogen-bond donors (Lipinski definition) is 1. The second-order valence-electron chi connectivity index (χ2n) is 5.63. The summed E-state index contributed by atoms with van der Waals surface area (Å²) in [7, 11) is 0. The van der Waals surface area contributed by atoms with Crippen LogP contribution in [0.1, 0.15) is 38.8 Å². The third-order valence-corrected chi connectivity index (χ3v) is 4.02. The van der Waals surface area contributed by atoms with Gasteiger partial charge in [-0.3, -0.25) is 4.90 Å². The van der Waals surface area contributed by atoms with Crippen molar-refractivity contribution < 1.29 is 0 Å². The summed E-state index contributed by atoms with van der Waals surface area (Å²) in [5.41, 5.74) is 9.12. The van der Waals surface area contributed by atoms with Crippen LogP contribution in [0.4, 0.5) is 0 Å². The van der Waals surface area contributed by atoms with Gasteiger partial charge in [0.2, 0.25) is 0 Å². The lowest BCUT2D eigenvalue weighted by atomic mass is 9.88. The van der Waals surface area contributed by atoms with E-state index in [0.717, 1.165) is 19.5 Å². The van der Waals surface area contributed by atoms with Crippen LogP contribution < -0.4 is 5.73 Å². The fraction of sp³-hybridized carbons (Fsp3) is 0.625. The van der Waals surface area contributed by atoms with E-state index in [2.05, 4.69) is 63.8 Å². The molecule has 1 rings (SSSR count). The van der Waals surface area contributed by atoms with Gasteiger partial charge >= 0.3 is 0 Å². The molecule has 0 radical (unpaired) electrons. The van der Waals surface area contributed by atoms with Crippen molar-refractivity contribution in [3.8, 4) is 0 Å². The Morgan fingerprint density at radius 1 is 1.22 bits per heavy atom. The van der Waals surface area contributed by atoms with Gasteiger partial charge in [0, 0.05) is 11.6 Å². The lowest BCUT2D eigenvalue weighted by Crippen LogP contribution is -2.56. The third-order valence-electron chi connectivity index (χ3n) is 4.02. The number of nitrogens with two attached hydrogens (primary N) is 1. The molecule has 0 spiro atoms. The van der Waals surface area contributed by atoms with Crippen LogP contribution in [0.25, 0.3) is 0 Å². The van der Waals surface area contributed by atoms with Crippen molar-refractivity contribution in [1.82, 2.24) is 4.90 Å². The van der Waals surface area contributed by atoms with Crippen molar-refractivity contribution in [2.24, 2.45) is 5.73 Å². The van der Waals surface area contributed by atoms with Crippen LogP contribution in [0.15, 0.2) is 24.3 Å². The van der Waals surface area contributed by atoms with Crippen LogP contribution in [0, 0.1) is 6.92 Å². The molecule has 1 unspecified atom stereocenters. The van der Waals surface area contributed by atoms with E-state index < -0.39 is 0 Å². The van der Waals surface area contributed by atoms with Gasteiger partial charge in [0.15, 0.2) is 0 Å². The Labute approximate surface area is 112 Å². The van der Waals surface area contributed by atoms with Crippen LogP contribution in [0.5, 0.6) is 0 Å². The molecule has 2 nitrogen and oxygen atoms in total. The molecule has 0 aliphatic carbocycles. The molecular formula is C16H28N2. The van der Waals surface area contributed by atoms with Crippen molar-refractivity contribution in [3.05, 3.63) is 35.4 Å². The maximum Gasteiger partial charge on any atom is 0.0307 e. The normalized spacial score (nSPS) is 13.9. The van der Waals surface area contributed by atoms with Crippen LogP contribution in [-0.4, -0.2) is 29.6 Å². The van der Waals surface area contributed by atoms with E-state index in [-0.39, 0.29) is 11.6 Å². The number of rotatable bonds is 6. The molecule has 0 fully saturated rings. The highest BCUT2D eigenvalue weighted by Crippen LogP contribution is 2.20. The van der Waals surface area contributed by atoms with Gasteiger partial charge in [0.25, 0.3) is 0 Å². The van der Waals surface area contributed by atoms with Gasteiger partial charge < -0.3 is 5.73 Å². The number of benzene rings is 1. The third kappa shape index (κ3) is 3.56. The molecule has 0 saturated carbocycles. The molecule has 0 aliphatic rings. The molecule has 1 aromatic carbocycles. The summed E-state index contributed by atoms with van der Waals surface area (Å²) in [5.74, 6) is 0. The summed E-state index contributed by atoms with van der Waals surface area (Å²) >= 11 is 0. The summed E-state index contributed by atoms with van der Waals surface area (Å²) in [6, 6.07) is 8.80. The first-order valence-electron chi connectivity index (χ1n) is 6.98. The monoisotopic (exact) mass is 248 g/mol. The average molecular weight is 248 g/mol. The van der Waals surface area contributed by atoms with E-state index in [0.29, 0.717) is 0 Å². The van der Waals surface area contributed by atoms with E-state index in [1.807, 2.05) is 0 Å². The summed E-state index contributed by atoms with van der Waals surface area (Å²) in [4.78, 5) is 2.44. The lowest BCUT2D eigenvalue weighted by molar-refractivity contribution is 0.106. The molecule has 0 bridgehead atoms. The molecular weight excluding hydrogens is 220 g/mol. The second-order valence-corrected chi connectivity index (χ2v) is 5.63. The van der Waals surface area contributed by atoms with E-state index in [9.17, 15) is 0 Å². The van der Waals surface area contributed by atoms with E-state index in [4.69, 9.17) is 5.73 Å². The first kappa shape index (κ1) is 15.2. The molecule has 1 aromatic rings. The van der Waals surface area contributed by atoms with E-state index >= 15 is 0 Å². The van der Waals surface area contributed by atoms with Gasteiger partial charge in [-0.2, -0.15) is 0 Å². The van der Waals surface area contributed by atoms with Crippen molar-refractivity contribution in [2.75, 3.05) is 13.1 Å². The molecule has 102 valence electrons. The zero-order chi connectivity index (χ0) is 13.8. The number of hydrogen-bond acceptors (Lipinski definition) is 2. The van der Waals surface area contributed by atoms with Crippen molar-refractivity contribution in [2.45, 2.75) is 52.6 Å². The first-order valence-corrected chi connectivity index (χ1v) is 6.98. The zero-order valence-corrected chi connectivity index (χ0v) is 12.5. The lowest BCUT2D eigenvalue weighted by Gasteiger charge is -2.42. The Morgan fingerprint density at radius 3 is 2.33 bits per heavy atom. The number of likely N-dealkylation sites (N-methyl/N-ethyl adjacent to an activating group) is 1. The number of nitrogens with zero attached hydrogens (tertiary/aromatic N) is 1. The fourth-order valence-electron chi connectivity index (χ4n) is 2.62. The predicted molar refractivity (Wildman–Crippen MR) is 79.9 cm³/mol. The standard InChI is InChI=1S/C16H28N2/c1-6-18(7-2)16(4,5)15(17)12-14-10-8-9-13(3)11-14/h8-11,15H,6-7,12,17H2,1-5H3. The Morgan fingerprint density at radius 2 is 1.83 bits per heavy atom. The van der Waals surface area contributed by atoms with Crippen molar-refractivity contribution in [1.29, 1.82) is 0 Å². The van der Waals surface area contributed by atoms with Gasteiger partial charge in [-0.1, -0.05) is 43.7 Å². The molecule has 0 saturated heterocycles. The summed E-state index contributed by atoms with van der Waals surface area (Å²) in [5, 5.41) is 0. The van der Waals surface area contributed by atoms with Crippen molar-refractivity contribution >= 4 is 0 Å². The summed E-state index contributed by atoms with van der Waals surface area (Å²) in [6.45, 7) is 13.1. The first-order chi connectivity index (χ1) is 8.41. The summed E-state index contributed by atoms with van der Waals surface area (Å²) < 4.78 is 0. The molecule has 2 heteroatoms. The van der Waals surface area contributed by atoms with Crippen molar-refractivity contribution in [3.63, 3.8) is 0 Å². The van der Waals surface area contributed by atoms with Gasteiger partial charge in [0.1, 0.15) is 0 Å². The van der Waals surface area contributed by atoms with Gasteiger partial charge in [0.05, 0.1) is 0 Å². The Hall–Kier alpha value is -0.860. The van der Waals surface area contributed by atoms with Crippen LogP contribution in [0.2, 0.25) is 0 Å². The second kappa shape index (κ2) is 6.35. The highest BCUT2D eigenvalue weighted by atomic mass is 15.2. The zero-order valence-electron chi connectivity index (χ0n) is 12.5. The minimum atomic E-state index is 0.0350. The van der Waals surface area contributed by atoms with Gasteiger partial charge in [-0.15, -0.1) is 0 Å². The topological polar surface area (TPSA) is 29.3 Å². The van der Waals surface area contributed by atoms with Crippen LogP contribution >= 0.6 is 0 Å². The minimum Gasteiger partial charge on any atom is -0.326 e. The molecule has 0 heterocycles. The van der Waals surface area contributed by atoms with E-state index in [1.165, 1.54) is 11.1 Å². The molecule has 18 heavy (non-hydrogen) atoms. The van der Waals surface area contributed by atoms with Gasteiger partial charge in [-0.25, -0.2) is 0 Å². The van der Waals surface area contributed by atoms with Gasteiger partial charge in [-0.05, 0) is 45.8 Å². The fourth-order valence-corrected chi connectivity index (χ4v) is 2.62. The molecule has 0 aromatic heterocycles. The smallest absolute Gasteiger partial charge is 0.0307 e. The van der Waals surface area contributed by atoms with E-state index in [1.54, 1.807) is 0 Å². The molecule has 0 amide bonds. The maximum atomic E-state index is 6.44. The molecule has 0 aliphatic heterocycles. The highest BCUT2D eigenvalue weighted by Gasteiger charge is 2.31. The highest BCUT2D eigenvalue weighted by molar-refractivity contribution is 5.23. The Balaban J connectivity index is 2.78. The Bertz CT molecular complexity index is 367. The molecule has 1 atom stereocenters. The SMILES string of the molecule is CCN(CC)C(C)(C)C(N)Cc1cccc(C)c1. The predicted octanol–water partition coefficient (Wildman–Crippen LogP) is 2.99. The largest absolute Gasteiger partial charge is 0.326 e. The minimum absolute atomic E-state index is 0.0350. The number of aryl methyl sites for hydroxylation is 1.